The molecule has 0 saturated carbocycles. The van der Waals surface area contributed by atoms with Gasteiger partial charge in [0.1, 0.15) is 12.6 Å². The van der Waals surface area contributed by atoms with Crippen molar-refractivity contribution in [2.45, 2.75) is 57.6 Å². The average Bonchev–Trinajstić information content (AvgIpc) is 2.86. The highest BCUT2D eigenvalue weighted by atomic mass is 79.9. The van der Waals surface area contributed by atoms with Crippen molar-refractivity contribution in [3.05, 3.63) is 94.5 Å². The summed E-state index contributed by atoms with van der Waals surface area (Å²) in [5.41, 5.74) is 1.59. The molecule has 3 rings (SSSR count). The second-order valence-corrected chi connectivity index (χ2v) is 13.0. The standard InChI is InChI=1S/C29H34BrN3O4S/c1-21-11-17-26(18-12-21)38(36,37)33(25-9-7-6-8-10-25)20-27(34)32(19-23-13-15-24(30)16-14-23)22(2)28(35)31-29(3,4)5/h6-18,22H,19-20H2,1-5H3,(H,31,35)/t22-/m0/s1. The van der Waals surface area contributed by atoms with E-state index in [-0.39, 0.29) is 17.3 Å². The molecule has 202 valence electrons. The molecule has 0 aliphatic rings. The monoisotopic (exact) mass is 599 g/mol. The molecule has 3 aromatic carbocycles. The SMILES string of the molecule is Cc1ccc(S(=O)(=O)N(CC(=O)N(Cc2ccc(Br)cc2)[C@@H](C)C(=O)NC(C)(C)C)c2ccccc2)cc1. The maximum Gasteiger partial charge on any atom is 0.264 e. The van der Waals surface area contributed by atoms with E-state index in [0.29, 0.717) is 5.69 Å². The molecule has 0 saturated heterocycles. The fourth-order valence-electron chi connectivity index (χ4n) is 3.80. The molecule has 7 nitrogen and oxygen atoms in total. The molecule has 0 aliphatic carbocycles. The Labute approximate surface area is 234 Å². The first-order chi connectivity index (χ1) is 17.8. The van der Waals surface area contributed by atoms with Gasteiger partial charge in [0.05, 0.1) is 10.6 Å². The molecule has 0 heterocycles. The molecule has 0 radical (unpaired) electrons. The van der Waals surface area contributed by atoms with Crippen molar-refractivity contribution >= 4 is 43.5 Å². The maximum absolute atomic E-state index is 13.9. The summed E-state index contributed by atoms with van der Waals surface area (Å²) < 4.78 is 29.5. The Kier molecular flexibility index (Phi) is 9.38. The Balaban J connectivity index is 2.00. The van der Waals surface area contributed by atoms with Crippen molar-refractivity contribution < 1.29 is 18.0 Å². The Morgan fingerprint density at radius 3 is 2.05 bits per heavy atom. The number of amides is 2. The van der Waals surface area contributed by atoms with Crippen molar-refractivity contribution in [3.8, 4) is 0 Å². The van der Waals surface area contributed by atoms with E-state index in [2.05, 4.69) is 21.2 Å². The van der Waals surface area contributed by atoms with E-state index in [0.717, 1.165) is 19.9 Å². The first-order valence-corrected chi connectivity index (χ1v) is 14.5. The first kappa shape index (κ1) is 29.4. The van der Waals surface area contributed by atoms with E-state index in [1.165, 1.54) is 17.0 Å². The Bertz CT molecular complexity index is 1350. The number of halogens is 1. The third kappa shape index (κ3) is 7.68. The Morgan fingerprint density at radius 2 is 1.50 bits per heavy atom. The van der Waals surface area contributed by atoms with Crippen LogP contribution in [-0.2, 0) is 26.2 Å². The van der Waals surface area contributed by atoms with Crippen molar-refractivity contribution in [2.75, 3.05) is 10.8 Å². The largest absolute Gasteiger partial charge is 0.350 e. The van der Waals surface area contributed by atoms with Crippen LogP contribution in [0.15, 0.2) is 88.2 Å². The number of benzene rings is 3. The van der Waals surface area contributed by atoms with Gasteiger partial charge in [-0.05, 0) is 76.6 Å². The number of nitrogens with one attached hydrogen (secondary N) is 1. The lowest BCUT2D eigenvalue weighted by molar-refractivity contribution is -0.140. The van der Waals surface area contributed by atoms with Crippen molar-refractivity contribution in [3.63, 3.8) is 0 Å². The van der Waals surface area contributed by atoms with E-state index in [9.17, 15) is 18.0 Å². The molecule has 0 fully saturated rings. The van der Waals surface area contributed by atoms with Crippen LogP contribution >= 0.6 is 15.9 Å². The minimum absolute atomic E-state index is 0.0812. The lowest BCUT2D eigenvalue weighted by Gasteiger charge is -2.33. The fourth-order valence-corrected chi connectivity index (χ4v) is 5.48. The van der Waals surface area contributed by atoms with E-state index in [4.69, 9.17) is 0 Å². The summed E-state index contributed by atoms with van der Waals surface area (Å²) in [6.45, 7) is 8.79. The zero-order chi connectivity index (χ0) is 28.1. The molecule has 0 aromatic heterocycles. The number of hydrogen-bond acceptors (Lipinski definition) is 4. The van der Waals surface area contributed by atoms with Crippen LogP contribution in [0.2, 0.25) is 0 Å². The molecular weight excluding hydrogens is 566 g/mol. The number of carbonyl (C=O) groups is 2. The van der Waals surface area contributed by atoms with Crippen molar-refractivity contribution in [2.24, 2.45) is 0 Å². The summed E-state index contributed by atoms with van der Waals surface area (Å²) >= 11 is 3.41. The summed E-state index contributed by atoms with van der Waals surface area (Å²) in [6.07, 6.45) is 0. The van der Waals surface area contributed by atoms with Crippen LogP contribution in [0.1, 0.15) is 38.8 Å². The topological polar surface area (TPSA) is 86.8 Å². The van der Waals surface area contributed by atoms with Crippen LogP contribution in [0.25, 0.3) is 0 Å². The van der Waals surface area contributed by atoms with Gasteiger partial charge in [-0.3, -0.25) is 13.9 Å². The van der Waals surface area contributed by atoms with Crippen LogP contribution in [0, 0.1) is 6.92 Å². The summed E-state index contributed by atoms with van der Waals surface area (Å²) in [4.78, 5) is 28.5. The van der Waals surface area contributed by atoms with Crippen LogP contribution in [0.5, 0.6) is 0 Å². The third-order valence-corrected chi connectivity index (χ3v) is 8.18. The van der Waals surface area contributed by atoms with Crippen molar-refractivity contribution in [1.82, 2.24) is 10.2 Å². The molecule has 0 spiro atoms. The van der Waals surface area contributed by atoms with E-state index >= 15 is 0 Å². The summed E-state index contributed by atoms with van der Waals surface area (Å²) in [7, 11) is -4.07. The number of aryl methyl sites for hydroxylation is 1. The first-order valence-electron chi connectivity index (χ1n) is 12.3. The van der Waals surface area contributed by atoms with E-state index in [1.54, 1.807) is 49.4 Å². The van der Waals surface area contributed by atoms with Crippen LogP contribution in [-0.4, -0.2) is 43.3 Å². The van der Waals surface area contributed by atoms with Crippen LogP contribution < -0.4 is 9.62 Å². The highest BCUT2D eigenvalue weighted by Gasteiger charge is 2.33. The molecule has 0 bridgehead atoms. The minimum atomic E-state index is -4.07. The molecule has 1 atom stereocenters. The molecular formula is C29H34BrN3O4S. The molecule has 3 aromatic rings. The summed E-state index contributed by atoms with van der Waals surface area (Å²) in [5, 5.41) is 2.92. The van der Waals surface area contributed by atoms with Gasteiger partial charge in [-0.1, -0.05) is 64.0 Å². The highest BCUT2D eigenvalue weighted by Crippen LogP contribution is 2.25. The van der Waals surface area contributed by atoms with Gasteiger partial charge >= 0.3 is 0 Å². The number of sulfonamides is 1. The molecule has 2 amide bonds. The van der Waals surface area contributed by atoms with E-state index < -0.39 is 34.1 Å². The van der Waals surface area contributed by atoms with Gasteiger partial charge in [0.2, 0.25) is 11.8 Å². The van der Waals surface area contributed by atoms with Crippen LogP contribution in [0.3, 0.4) is 0 Å². The minimum Gasteiger partial charge on any atom is -0.350 e. The zero-order valence-electron chi connectivity index (χ0n) is 22.3. The highest BCUT2D eigenvalue weighted by molar-refractivity contribution is 9.10. The second kappa shape index (κ2) is 12.1. The Hall–Kier alpha value is -3.17. The number of nitrogens with zero attached hydrogens (tertiary/aromatic N) is 2. The van der Waals surface area contributed by atoms with Gasteiger partial charge in [-0.15, -0.1) is 0 Å². The molecule has 9 heteroatoms. The maximum atomic E-state index is 13.9. The Morgan fingerprint density at radius 1 is 0.921 bits per heavy atom. The third-order valence-electron chi connectivity index (χ3n) is 5.86. The number of rotatable bonds is 9. The van der Waals surface area contributed by atoms with E-state index in [1.807, 2.05) is 52.0 Å². The lowest BCUT2D eigenvalue weighted by atomic mass is 10.1. The molecule has 0 unspecified atom stereocenters. The fraction of sp³-hybridized carbons (Fsp3) is 0.310. The predicted molar refractivity (Wildman–Crippen MR) is 154 cm³/mol. The summed E-state index contributed by atoms with van der Waals surface area (Å²) in [5.74, 6) is -0.820. The number of para-hydroxylation sites is 1. The summed E-state index contributed by atoms with van der Waals surface area (Å²) in [6, 6.07) is 21.6. The molecule has 0 aliphatic heterocycles. The number of hydrogen-bond donors (Lipinski definition) is 1. The zero-order valence-corrected chi connectivity index (χ0v) is 24.7. The van der Waals surface area contributed by atoms with Gasteiger partial charge in [-0.2, -0.15) is 0 Å². The van der Waals surface area contributed by atoms with Gasteiger partial charge in [0.25, 0.3) is 10.0 Å². The molecule has 38 heavy (non-hydrogen) atoms. The quantitative estimate of drug-likeness (QED) is 0.362. The van der Waals surface area contributed by atoms with Crippen LogP contribution in [0.4, 0.5) is 5.69 Å². The average molecular weight is 601 g/mol. The second-order valence-electron chi connectivity index (χ2n) is 10.2. The van der Waals surface area contributed by atoms with Gasteiger partial charge < -0.3 is 10.2 Å². The lowest BCUT2D eigenvalue weighted by Crippen LogP contribution is -2.54. The van der Waals surface area contributed by atoms with Gasteiger partial charge in [0, 0.05) is 16.6 Å². The predicted octanol–water partition coefficient (Wildman–Crippen LogP) is 5.28. The smallest absolute Gasteiger partial charge is 0.264 e. The van der Waals surface area contributed by atoms with Crippen molar-refractivity contribution in [1.29, 1.82) is 0 Å². The number of anilines is 1. The normalized spacial score (nSPS) is 12.5. The number of carbonyl (C=O) groups excluding carboxylic acids is 2. The molecule has 1 N–H and O–H groups in total. The van der Waals surface area contributed by atoms with Gasteiger partial charge in [0.15, 0.2) is 0 Å². The van der Waals surface area contributed by atoms with Gasteiger partial charge in [-0.25, -0.2) is 8.42 Å².